The highest BCUT2D eigenvalue weighted by Crippen LogP contribution is 2.45. The zero-order valence-corrected chi connectivity index (χ0v) is 29.4. The van der Waals surface area contributed by atoms with Gasteiger partial charge in [0.2, 0.25) is 0 Å². The van der Waals surface area contributed by atoms with Crippen molar-refractivity contribution >= 4 is 53.0 Å². The summed E-state index contributed by atoms with van der Waals surface area (Å²) in [5, 5.41) is 19.0. The molecule has 2 amide bonds. The molecule has 0 aromatic heterocycles. The average molecular weight is 677 g/mol. The van der Waals surface area contributed by atoms with Gasteiger partial charge in [-0.3, -0.25) is 4.79 Å². The van der Waals surface area contributed by atoms with E-state index in [2.05, 4.69) is 36.6 Å². The van der Waals surface area contributed by atoms with E-state index < -0.39 is 29.6 Å². The van der Waals surface area contributed by atoms with Gasteiger partial charge in [0.25, 0.3) is 5.91 Å². The molecule has 1 atom stereocenters. The predicted octanol–water partition coefficient (Wildman–Crippen LogP) is 7.84. The molecule has 0 radical (unpaired) electrons. The van der Waals surface area contributed by atoms with Gasteiger partial charge in [-0.1, -0.05) is 74.5 Å². The molecular weight excluding hydrogens is 628 g/mol. The van der Waals surface area contributed by atoms with E-state index in [1.165, 1.54) is 0 Å². The Morgan fingerprint density at radius 2 is 1.33 bits per heavy atom. The van der Waals surface area contributed by atoms with Gasteiger partial charge in [-0.2, -0.15) is 13.5 Å². The Kier molecular flexibility index (Phi) is 14.0. The van der Waals surface area contributed by atoms with E-state index >= 15 is 0 Å². The van der Waals surface area contributed by atoms with Gasteiger partial charge in [-0.05, 0) is 86.1 Å². The third-order valence-corrected chi connectivity index (χ3v) is 7.56. The molecule has 0 aliphatic rings. The Morgan fingerprint density at radius 3 is 1.88 bits per heavy atom. The molecule has 0 bridgehead atoms. The summed E-state index contributed by atoms with van der Waals surface area (Å²) in [7, 11) is 0. The fourth-order valence-corrected chi connectivity index (χ4v) is 5.28. The second-order valence-electron chi connectivity index (χ2n) is 13.0. The first-order valence-corrected chi connectivity index (χ1v) is 16.2. The summed E-state index contributed by atoms with van der Waals surface area (Å²) in [6.07, 6.45) is 1.58. The SMILES string of the molecule is CC(C)CCOc1ccc2ccccc2c1-c1c(OCC(=O)N[C@H](CCCCNC(=O)OC(C)(C)C)C(=O)O)ccc2ccccc12.S. The largest absolute Gasteiger partial charge is 0.493 e. The number of carbonyl (C=O) groups is 3. The molecule has 9 nitrogen and oxygen atoms in total. The lowest BCUT2D eigenvalue weighted by atomic mass is 9.92. The van der Waals surface area contributed by atoms with Crippen LogP contribution in [0.1, 0.15) is 60.3 Å². The minimum absolute atomic E-state index is 0. The van der Waals surface area contributed by atoms with Crippen LogP contribution in [-0.2, 0) is 14.3 Å². The van der Waals surface area contributed by atoms with Crippen LogP contribution >= 0.6 is 13.5 Å². The Morgan fingerprint density at radius 1 is 0.771 bits per heavy atom. The van der Waals surface area contributed by atoms with E-state index in [1.807, 2.05) is 60.7 Å². The number of benzene rings is 4. The second-order valence-corrected chi connectivity index (χ2v) is 13.0. The summed E-state index contributed by atoms with van der Waals surface area (Å²) in [5.74, 6) is 0.0158. The van der Waals surface area contributed by atoms with Crippen LogP contribution in [-0.4, -0.2) is 54.5 Å². The molecule has 10 heteroatoms. The highest BCUT2D eigenvalue weighted by atomic mass is 32.1. The van der Waals surface area contributed by atoms with Crippen molar-refractivity contribution in [3.63, 3.8) is 0 Å². The Bertz CT molecular complexity index is 1700. The molecular formula is C38H48N2O7S. The molecule has 0 saturated heterocycles. The summed E-state index contributed by atoms with van der Waals surface area (Å²) < 4.78 is 17.8. The van der Waals surface area contributed by atoms with Crippen LogP contribution in [0.25, 0.3) is 32.7 Å². The van der Waals surface area contributed by atoms with Crippen molar-refractivity contribution in [2.24, 2.45) is 5.92 Å². The first kappa shape index (κ1) is 38.0. The minimum atomic E-state index is -1.14. The molecule has 0 fully saturated rings. The summed E-state index contributed by atoms with van der Waals surface area (Å²) in [6.45, 7) is 10.2. The number of ether oxygens (including phenoxy) is 3. The van der Waals surface area contributed by atoms with Crippen molar-refractivity contribution < 1.29 is 33.7 Å². The van der Waals surface area contributed by atoms with Crippen molar-refractivity contribution in [1.82, 2.24) is 10.6 Å². The van der Waals surface area contributed by atoms with Crippen molar-refractivity contribution in [2.45, 2.75) is 71.9 Å². The normalized spacial score (nSPS) is 11.9. The van der Waals surface area contributed by atoms with Gasteiger partial charge in [0, 0.05) is 17.7 Å². The third-order valence-electron chi connectivity index (χ3n) is 7.56. The van der Waals surface area contributed by atoms with E-state index in [1.54, 1.807) is 20.8 Å². The lowest BCUT2D eigenvalue weighted by Crippen LogP contribution is -2.43. The number of carboxylic acids is 1. The number of rotatable bonds is 15. The Balaban J connectivity index is 0.00000625. The topological polar surface area (TPSA) is 123 Å². The number of alkyl carbamates (subject to hydrolysis) is 1. The molecule has 0 unspecified atom stereocenters. The quantitative estimate of drug-likeness (QED) is 0.110. The van der Waals surface area contributed by atoms with Crippen LogP contribution in [0.15, 0.2) is 72.8 Å². The molecule has 0 aliphatic heterocycles. The lowest BCUT2D eigenvalue weighted by molar-refractivity contribution is -0.142. The van der Waals surface area contributed by atoms with Crippen LogP contribution in [0.2, 0.25) is 0 Å². The first-order chi connectivity index (χ1) is 22.4. The van der Waals surface area contributed by atoms with Gasteiger partial charge in [0.05, 0.1) is 6.61 Å². The van der Waals surface area contributed by atoms with Crippen LogP contribution in [0.5, 0.6) is 11.5 Å². The zero-order chi connectivity index (χ0) is 34.0. The van der Waals surface area contributed by atoms with E-state index in [9.17, 15) is 19.5 Å². The summed E-state index contributed by atoms with van der Waals surface area (Å²) >= 11 is 0. The van der Waals surface area contributed by atoms with Gasteiger partial charge in [0.15, 0.2) is 6.61 Å². The molecule has 0 heterocycles. The van der Waals surface area contributed by atoms with E-state index in [4.69, 9.17) is 14.2 Å². The number of carbonyl (C=O) groups excluding carboxylic acids is 2. The third kappa shape index (κ3) is 10.8. The maximum absolute atomic E-state index is 13.0. The number of nitrogens with one attached hydrogen (secondary N) is 2. The molecule has 4 aromatic carbocycles. The molecule has 4 aromatic rings. The van der Waals surface area contributed by atoms with Crippen molar-refractivity contribution in [1.29, 1.82) is 0 Å². The zero-order valence-electron chi connectivity index (χ0n) is 28.4. The van der Waals surface area contributed by atoms with E-state index in [0.29, 0.717) is 37.7 Å². The molecule has 4 rings (SSSR count). The molecule has 3 N–H and O–H groups in total. The highest BCUT2D eigenvalue weighted by molar-refractivity contribution is 7.59. The minimum Gasteiger partial charge on any atom is -0.493 e. The maximum atomic E-state index is 13.0. The van der Waals surface area contributed by atoms with E-state index in [0.717, 1.165) is 44.8 Å². The van der Waals surface area contributed by atoms with Crippen molar-refractivity contribution in [3.8, 4) is 22.6 Å². The lowest BCUT2D eigenvalue weighted by Gasteiger charge is -2.20. The van der Waals surface area contributed by atoms with Gasteiger partial charge in [-0.15, -0.1) is 0 Å². The van der Waals surface area contributed by atoms with Crippen molar-refractivity contribution in [3.05, 3.63) is 72.8 Å². The molecule has 0 saturated carbocycles. The number of aliphatic carboxylic acids is 1. The molecule has 258 valence electrons. The highest BCUT2D eigenvalue weighted by Gasteiger charge is 2.23. The van der Waals surface area contributed by atoms with Crippen LogP contribution < -0.4 is 20.1 Å². The molecule has 0 spiro atoms. The van der Waals surface area contributed by atoms with Crippen LogP contribution in [0.3, 0.4) is 0 Å². The number of hydrogen-bond donors (Lipinski definition) is 3. The monoisotopic (exact) mass is 676 g/mol. The standard InChI is InChI=1S/C38H46N2O7.H2S/c1-25(2)21-23-45-31-19-17-26-12-6-8-14-28(26)34(31)35-29-15-9-7-13-27(29)18-20-32(35)46-24-33(41)40-30(36(42)43)16-10-11-22-39-37(44)47-38(3,4)5;/h6-9,12-15,17-20,25,30H,10-11,16,21-24H2,1-5H3,(H,39,44)(H,40,41)(H,42,43);1H2/t30-;/m1./s1. The second kappa shape index (κ2) is 17.6. The smallest absolute Gasteiger partial charge is 0.407 e. The van der Waals surface area contributed by atoms with Gasteiger partial charge < -0.3 is 30.0 Å². The van der Waals surface area contributed by atoms with Crippen LogP contribution in [0.4, 0.5) is 4.79 Å². The number of amides is 2. The average Bonchev–Trinajstić information content (AvgIpc) is 3.01. The summed E-state index contributed by atoms with van der Waals surface area (Å²) in [6, 6.07) is 22.8. The van der Waals surface area contributed by atoms with Gasteiger partial charge in [-0.25, -0.2) is 9.59 Å². The van der Waals surface area contributed by atoms with Crippen LogP contribution in [0, 0.1) is 5.92 Å². The van der Waals surface area contributed by atoms with Crippen molar-refractivity contribution in [2.75, 3.05) is 19.8 Å². The maximum Gasteiger partial charge on any atom is 0.407 e. The Labute approximate surface area is 289 Å². The van der Waals surface area contributed by atoms with E-state index in [-0.39, 0.29) is 26.5 Å². The molecule has 48 heavy (non-hydrogen) atoms. The number of fused-ring (bicyclic) bond motifs is 2. The van der Waals surface area contributed by atoms with Gasteiger partial charge in [0.1, 0.15) is 23.1 Å². The summed E-state index contributed by atoms with van der Waals surface area (Å²) in [4.78, 5) is 36.8. The van der Waals surface area contributed by atoms with Gasteiger partial charge >= 0.3 is 12.1 Å². The predicted molar refractivity (Wildman–Crippen MR) is 195 cm³/mol. The molecule has 0 aliphatic carbocycles. The Hall–Kier alpha value is -4.44. The number of hydrogen-bond acceptors (Lipinski definition) is 6. The first-order valence-electron chi connectivity index (χ1n) is 16.2. The fourth-order valence-electron chi connectivity index (χ4n) is 5.28. The fraction of sp³-hybridized carbons (Fsp3) is 0.395. The number of unbranched alkanes of at least 4 members (excludes halogenated alkanes) is 1. The summed E-state index contributed by atoms with van der Waals surface area (Å²) in [5.41, 5.74) is 1.08. The number of carboxylic acid groups (broad SMARTS) is 1.